The molecule has 0 aliphatic heterocycles. The Morgan fingerprint density at radius 1 is 1.27 bits per heavy atom. The van der Waals surface area contributed by atoms with Gasteiger partial charge in [-0.05, 0) is 5.56 Å². The number of benzene rings is 1. The van der Waals surface area contributed by atoms with E-state index in [2.05, 4.69) is 15.0 Å². The number of carbonyl (C=O) groups excluding carboxylic acids is 1. The zero-order valence-corrected chi connectivity index (χ0v) is 8.01. The molecule has 0 saturated carbocycles. The second-order valence-corrected chi connectivity index (χ2v) is 3.05. The summed E-state index contributed by atoms with van der Waals surface area (Å²) in [6.45, 7) is 0.493. The monoisotopic (exact) mass is 202 g/mol. The molecule has 2 aromatic rings. The van der Waals surface area contributed by atoms with Gasteiger partial charge in [0.15, 0.2) is 5.69 Å². The van der Waals surface area contributed by atoms with Gasteiger partial charge in [0.1, 0.15) is 6.26 Å². The second kappa shape index (κ2) is 4.41. The Bertz CT molecular complexity index is 423. The lowest BCUT2D eigenvalue weighted by Crippen LogP contribution is -2.22. The molecule has 1 heterocycles. The maximum atomic E-state index is 11.4. The first-order valence-electron chi connectivity index (χ1n) is 4.59. The maximum Gasteiger partial charge on any atom is 0.273 e. The van der Waals surface area contributed by atoms with E-state index in [1.807, 2.05) is 30.3 Å². The molecule has 76 valence electrons. The quantitative estimate of drug-likeness (QED) is 0.822. The Hall–Kier alpha value is -2.10. The van der Waals surface area contributed by atoms with Crippen molar-refractivity contribution in [3.05, 3.63) is 53.9 Å². The number of nitrogens with one attached hydrogen (secondary N) is 1. The molecule has 1 N–H and O–H groups in total. The van der Waals surface area contributed by atoms with Gasteiger partial charge in [0.25, 0.3) is 5.91 Å². The Morgan fingerprint density at radius 3 is 2.73 bits per heavy atom. The van der Waals surface area contributed by atoms with E-state index in [4.69, 9.17) is 0 Å². The summed E-state index contributed by atoms with van der Waals surface area (Å²) < 4.78 is 4.58. The fourth-order valence-electron chi connectivity index (χ4n) is 1.20. The summed E-state index contributed by atoms with van der Waals surface area (Å²) in [4.78, 5) is 11.4. The van der Waals surface area contributed by atoms with Crippen LogP contribution in [0.25, 0.3) is 0 Å². The number of amides is 1. The van der Waals surface area contributed by atoms with Crippen molar-refractivity contribution in [2.75, 3.05) is 0 Å². The highest BCUT2D eigenvalue weighted by Crippen LogP contribution is 1.99. The van der Waals surface area contributed by atoms with Crippen molar-refractivity contribution < 1.29 is 9.32 Å². The van der Waals surface area contributed by atoms with Crippen LogP contribution >= 0.6 is 0 Å². The molecule has 0 unspecified atom stereocenters. The lowest BCUT2D eigenvalue weighted by molar-refractivity contribution is 0.0942. The third kappa shape index (κ3) is 2.43. The molecule has 0 radical (unpaired) electrons. The molecule has 0 fully saturated rings. The van der Waals surface area contributed by atoms with Gasteiger partial charge in [0.05, 0.1) is 0 Å². The molecule has 0 bridgehead atoms. The van der Waals surface area contributed by atoms with E-state index >= 15 is 0 Å². The summed E-state index contributed by atoms with van der Waals surface area (Å²) in [5.74, 6) is -0.229. The van der Waals surface area contributed by atoms with Gasteiger partial charge >= 0.3 is 0 Å². The minimum absolute atomic E-state index is 0.229. The van der Waals surface area contributed by atoms with E-state index in [0.29, 0.717) is 12.2 Å². The summed E-state index contributed by atoms with van der Waals surface area (Å²) in [5, 5.41) is 6.28. The van der Waals surface area contributed by atoms with Crippen molar-refractivity contribution in [1.82, 2.24) is 10.5 Å². The summed E-state index contributed by atoms with van der Waals surface area (Å²) in [6.07, 6.45) is 1.37. The molecule has 15 heavy (non-hydrogen) atoms. The van der Waals surface area contributed by atoms with Crippen LogP contribution in [0.2, 0.25) is 0 Å². The fourth-order valence-corrected chi connectivity index (χ4v) is 1.20. The first kappa shape index (κ1) is 9.45. The van der Waals surface area contributed by atoms with Gasteiger partial charge in [0, 0.05) is 12.6 Å². The Balaban J connectivity index is 1.92. The summed E-state index contributed by atoms with van der Waals surface area (Å²) >= 11 is 0. The number of hydrogen-bond acceptors (Lipinski definition) is 3. The fraction of sp³-hybridized carbons (Fsp3) is 0.0909. The van der Waals surface area contributed by atoms with Gasteiger partial charge in [0.2, 0.25) is 0 Å². The molecule has 4 nitrogen and oxygen atoms in total. The minimum Gasteiger partial charge on any atom is -0.364 e. The third-order valence-electron chi connectivity index (χ3n) is 1.97. The van der Waals surface area contributed by atoms with Crippen LogP contribution in [0.15, 0.2) is 47.2 Å². The van der Waals surface area contributed by atoms with Gasteiger partial charge in [-0.1, -0.05) is 35.5 Å². The van der Waals surface area contributed by atoms with Crippen LogP contribution in [0.1, 0.15) is 16.1 Å². The summed E-state index contributed by atoms with van der Waals surface area (Å²) in [7, 11) is 0. The van der Waals surface area contributed by atoms with Crippen LogP contribution in [0.4, 0.5) is 0 Å². The number of nitrogens with zero attached hydrogens (tertiary/aromatic N) is 1. The van der Waals surface area contributed by atoms with E-state index in [-0.39, 0.29) is 5.91 Å². The lowest BCUT2D eigenvalue weighted by atomic mass is 10.2. The van der Waals surface area contributed by atoms with Gasteiger partial charge < -0.3 is 9.84 Å². The molecule has 1 aromatic carbocycles. The number of aromatic nitrogens is 1. The summed E-state index contributed by atoms with van der Waals surface area (Å²) in [5.41, 5.74) is 1.35. The van der Waals surface area contributed by atoms with Crippen LogP contribution in [0, 0.1) is 0 Å². The number of rotatable bonds is 3. The smallest absolute Gasteiger partial charge is 0.273 e. The highest BCUT2D eigenvalue weighted by molar-refractivity contribution is 5.91. The molecule has 0 aliphatic rings. The first-order valence-corrected chi connectivity index (χ1v) is 4.59. The maximum absolute atomic E-state index is 11.4. The molecular formula is C11H10N2O2. The molecule has 0 saturated heterocycles. The van der Waals surface area contributed by atoms with Crippen LogP contribution in [-0.2, 0) is 6.54 Å². The van der Waals surface area contributed by atoms with E-state index in [9.17, 15) is 4.79 Å². The van der Waals surface area contributed by atoms with Crippen molar-refractivity contribution in [2.24, 2.45) is 0 Å². The van der Waals surface area contributed by atoms with Crippen molar-refractivity contribution in [3.8, 4) is 0 Å². The largest absolute Gasteiger partial charge is 0.364 e. The highest BCUT2D eigenvalue weighted by Gasteiger charge is 2.07. The van der Waals surface area contributed by atoms with Crippen molar-refractivity contribution >= 4 is 5.91 Å². The number of hydrogen-bond donors (Lipinski definition) is 1. The van der Waals surface area contributed by atoms with E-state index in [0.717, 1.165) is 5.56 Å². The minimum atomic E-state index is -0.229. The van der Waals surface area contributed by atoms with Gasteiger partial charge in [-0.3, -0.25) is 4.79 Å². The molecule has 1 aromatic heterocycles. The Labute approximate surface area is 86.9 Å². The normalized spacial score (nSPS) is 9.87. The van der Waals surface area contributed by atoms with E-state index in [1.165, 1.54) is 12.3 Å². The Morgan fingerprint density at radius 2 is 2.07 bits per heavy atom. The standard InChI is InChI=1S/C11H10N2O2/c14-11(10-6-7-15-13-10)12-8-9-4-2-1-3-5-9/h1-7H,8H2,(H,12,14). The third-order valence-corrected chi connectivity index (χ3v) is 1.97. The predicted molar refractivity (Wildman–Crippen MR) is 54.1 cm³/mol. The second-order valence-electron chi connectivity index (χ2n) is 3.05. The first-order chi connectivity index (χ1) is 7.36. The SMILES string of the molecule is O=C(NCc1ccccc1)c1ccon1. The topological polar surface area (TPSA) is 55.1 Å². The van der Waals surface area contributed by atoms with Crippen LogP contribution < -0.4 is 5.32 Å². The van der Waals surface area contributed by atoms with Crippen molar-refractivity contribution in [3.63, 3.8) is 0 Å². The van der Waals surface area contributed by atoms with Crippen LogP contribution in [0.3, 0.4) is 0 Å². The van der Waals surface area contributed by atoms with Crippen molar-refractivity contribution in [1.29, 1.82) is 0 Å². The molecule has 0 atom stereocenters. The molecular weight excluding hydrogens is 192 g/mol. The molecule has 0 aliphatic carbocycles. The molecule has 4 heteroatoms. The van der Waals surface area contributed by atoms with Crippen LogP contribution in [-0.4, -0.2) is 11.1 Å². The zero-order chi connectivity index (χ0) is 10.5. The molecule has 2 rings (SSSR count). The average Bonchev–Trinajstić information content (AvgIpc) is 2.81. The summed E-state index contributed by atoms with van der Waals surface area (Å²) in [6, 6.07) is 11.2. The predicted octanol–water partition coefficient (Wildman–Crippen LogP) is 1.60. The Kier molecular flexibility index (Phi) is 2.78. The van der Waals surface area contributed by atoms with Gasteiger partial charge in [-0.15, -0.1) is 0 Å². The van der Waals surface area contributed by atoms with E-state index < -0.39 is 0 Å². The van der Waals surface area contributed by atoms with Gasteiger partial charge in [-0.25, -0.2) is 0 Å². The highest BCUT2D eigenvalue weighted by atomic mass is 16.5. The number of carbonyl (C=O) groups is 1. The van der Waals surface area contributed by atoms with Crippen molar-refractivity contribution in [2.45, 2.75) is 6.54 Å². The molecule has 0 spiro atoms. The van der Waals surface area contributed by atoms with E-state index in [1.54, 1.807) is 0 Å². The average molecular weight is 202 g/mol. The zero-order valence-electron chi connectivity index (χ0n) is 8.01. The van der Waals surface area contributed by atoms with Gasteiger partial charge in [-0.2, -0.15) is 0 Å². The molecule has 1 amide bonds. The lowest BCUT2D eigenvalue weighted by Gasteiger charge is -2.01. The van der Waals surface area contributed by atoms with Crippen LogP contribution in [0.5, 0.6) is 0 Å².